The zero-order chi connectivity index (χ0) is 18.2. The third-order valence-electron chi connectivity index (χ3n) is 5.62. The van der Waals surface area contributed by atoms with Crippen LogP contribution in [0.2, 0.25) is 0 Å². The lowest BCUT2D eigenvalue weighted by atomic mass is 9.77. The van der Waals surface area contributed by atoms with E-state index in [2.05, 4.69) is 0 Å². The van der Waals surface area contributed by atoms with Gasteiger partial charge in [-0.05, 0) is 13.8 Å². The standard InChI is InChI=1S/C20H30O4/c1-8-15-10(3)17(21)12(5)19(23-15)14(7)20-13(6)18(22)11(4)16(9-2)24-20/h12-14,19-20H,8-9H2,1-7H3/t12-,13-,14?,19-,20+/m1/s1. The second-order valence-electron chi connectivity index (χ2n) is 7.13. The van der Waals surface area contributed by atoms with Gasteiger partial charge in [-0.2, -0.15) is 0 Å². The SMILES string of the molecule is CCC1=C(C)C(=O)[C@@H](C)[C@@H](C(C)[C@@H]2OC(CC)=C(C)C(=O)[C@H]2C)O1. The van der Waals surface area contributed by atoms with Crippen LogP contribution in [-0.4, -0.2) is 23.8 Å². The van der Waals surface area contributed by atoms with E-state index >= 15 is 0 Å². The Hall–Kier alpha value is -1.58. The Labute approximate surface area is 145 Å². The summed E-state index contributed by atoms with van der Waals surface area (Å²) in [5.41, 5.74) is 1.46. The Balaban J connectivity index is 2.30. The number of carbonyl (C=O) groups is 2. The van der Waals surface area contributed by atoms with Crippen molar-refractivity contribution in [1.82, 2.24) is 0 Å². The van der Waals surface area contributed by atoms with Gasteiger partial charge in [0.1, 0.15) is 23.7 Å². The van der Waals surface area contributed by atoms with Crippen molar-refractivity contribution in [3.05, 3.63) is 22.7 Å². The van der Waals surface area contributed by atoms with Crippen molar-refractivity contribution in [3.8, 4) is 0 Å². The maximum Gasteiger partial charge on any atom is 0.168 e. The zero-order valence-electron chi connectivity index (χ0n) is 15.9. The van der Waals surface area contributed by atoms with Gasteiger partial charge in [0.2, 0.25) is 0 Å². The first-order valence-corrected chi connectivity index (χ1v) is 9.05. The van der Waals surface area contributed by atoms with Gasteiger partial charge < -0.3 is 9.47 Å². The molecule has 4 nitrogen and oxygen atoms in total. The number of ketones is 2. The molecular formula is C20H30O4. The van der Waals surface area contributed by atoms with Crippen LogP contribution < -0.4 is 0 Å². The van der Waals surface area contributed by atoms with Gasteiger partial charge in [-0.25, -0.2) is 0 Å². The molecule has 0 spiro atoms. The van der Waals surface area contributed by atoms with Crippen molar-refractivity contribution in [1.29, 1.82) is 0 Å². The topological polar surface area (TPSA) is 52.6 Å². The van der Waals surface area contributed by atoms with Crippen LogP contribution >= 0.6 is 0 Å². The second-order valence-corrected chi connectivity index (χ2v) is 7.13. The molecule has 0 fully saturated rings. The molecule has 1 unspecified atom stereocenters. The van der Waals surface area contributed by atoms with Crippen LogP contribution in [-0.2, 0) is 19.1 Å². The first-order valence-electron chi connectivity index (χ1n) is 9.05. The number of hydrogen-bond acceptors (Lipinski definition) is 4. The molecule has 0 aromatic carbocycles. The van der Waals surface area contributed by atoms with Gasteiger partial charge in [-0.1, -0.05) is 34.6 Å². The summed E-state index contributed by atoms with van der Waals surface area (Å²) in [6.07, 6.45) is 0.889. The van der Waals surface area contributed by atoms with Gasteiger partial charge in [0.25, 0.3) is 0 Å². The fourth-order valence-electron chi connectivity index (χ4n) is 3.97. The van der Waals surface area contributed by atoms with Gasteiger partial charge >= 0.3 is 0 Å². The molecule has 0 aliphatic carbocycles. The summed E-state index contributed by atoms with van der Waals surface area (Å²) in [5.74, 6) is 1.34. The summed E-state index contributed by atoms with van der Waals surface area (Å²) in [6, 6.07) is 0. The summed E-state index contributed by atoms with van der Waals surface area (Å²) in [7, 11) is 0. The van der Waals surface area contributed by atoms with E-state index in [-0.39, 0.29) is 41.5 Å². The van der Waals surface area contributed by atoms with Crippen molar-refractivity contribution in [2.75, 3.05) is 0 Å². The summed E-state index contributed by atoms with van der Waals surface area (Å²) < 4.78 is 12.4. The van der Waals surface area contributed by atoms with Crippen LogP contribution in [0, 0.1) is 17.8 Å². The summed E-state index contributed by atoms with van der Waals surface area (Å²) in [6.45, 7) is 13.5. The molecule has 24 heavy (non-hydrogen) atoms. The van der Waals surface area contributed by atoms with Gasteiger partial charge in [-0.15, -0.1) is 0 Å². The number of carbonyl (C=O) groups excluding carboxylic acids is 2. The van der Waals surface area contributed by atoms with Crippen LogP contribution in [0.5, 0.6) is 0 Å². The Bertz CT molecular complexity index is 547. The fraction of sp³-hybridized carbons (Fsp3) is 0.700. The van der Waals surface area contributed by atoms with Gasteiger partial charge in [0, 0.05) is 29.9 Å². The van der Waals surface area contributed by atoms with Crippen LogP contribution in [0.4, 0.5) is 0 Å². The number of allylic oxidation sites excluding steroid dienone is 4. The molecule has 0 saturated carbocycles. The first kappa shape index (κ1) is 18.8. The molecule has 5 atom stereocenters. The quantitative estimate of drug-likeness (QED) is 0.773. The van der Waals surface area contributed by atoms with E-state index < -0.39 is 0 Å². The maximum absolute atomic E-state index is 12.6. The average molecular weight is 334 g/mol. The van der Waals surface area contributed by atoms with E-state index in [4.69, 9.17) is 9.47 Å². The molecule has 0 aromatic rings. The molecule has 2 aliphatic rings. The molecule has 0 aromatic heterocycles. The van der Waals surface area contributed by atoms with Gasteiger partial charge in [0.15, 0.2) is 11.6 Å². The minimum absolute atomic E-state index is 0.0489. The molecule has 4 heteroatoms. The highest BCUT2D eigenvalue weighted by Crippen LogP contribution is 2.38. The largest absolute Gasteiger partial charge is 0.493 e. The lowest BCUT2D eigenvalue weighted by molar-refractivity contribution is -0.137. The van der Waals surface area contributed by atoms with Crippen LogP contribution in [0.3, 0.4) is 0 Å². The molecule has 2 heterocycles. The lowest BCUT2D eigenvalue weighted by Crippen LogP contribution is -2.48. The van der Waals surface area contributed by atoms with Crippen molar-refractivity contribution >= 4 is 11.6 Å². The highest BCUT2D eigenvalue weighted by Gasteiger charge is 2.45. The molecule has 0 radical (unpaired) electrons. The average Bonchev–Trinajstić information content (AvgIpc) is 2.58. The lowest BCUT2D eigenvalue weighted by Gasteiger charge is -2.41. The van der Waals surface area contributed by atoms with Crippen molar-refractivity contribution in [2.45, 2.75) is 73.5 Å². The van der Waals surface area contributed by atoms with E-state index in [1.165, 1.54) is 0 Å². The number of rotatable bonds is 4. The Morgan fingerprint density at radius 3 is 1.46 bits per heavy atom. The van der Waals surface area contributed by atoms with Crippen molar-refractivity contribution in [2.24, 2.45) is 17.8 Å². The van der Waals surface area contributed by atoms with Crippen molar-refractivity contribution < 1.29 is 19.1 Å². The Morgan fingerprint density at radius 2 is 1.17 bits per heavy atom. The molecule has 0 bridgehead atoms. The molecule has 0 saturated heterocycles. The van der Waals surface area contributed by atoms with Gasteiger partial charge in [-0.3, -0.25) is 9.59 Å². The van der Waals surface area contributed by atoms with E-state index in [1.807, 2.05) is 48.5 Å². The Kier molecular flexibility index (Phi) is 5.56. The summed E-state index contributed by atoms with van der Waals surface area (Å²) >= 11 is 0. The Morgan fingerprint density at radius 1 is 0.833 bits per heavy atom. The number of ether oxygens (including phenoxy) is 2. The first-order chi connectivity index (χ1) is 11.2. The summed E-state index contributed by atoms with van der Waals surface area (Å²) in [4.78, 5) is 25.1. The smallest absolute Gasteiger partial charge is 0.168 e. The highest BCUT2D eigenvalue weighted by molar-refractivity contribution is 5.98. The second kappa shape index (κ2) is 7.12. The van der Waals surface area contributed by atoms with Crippen molar-refractivity contribution in [3.63, 3.8) is 0 Å². The summed E-state index contributed by atoms with van der Waals surface area (Å²) in [5, 5.41) is 0. The molecule has 0 amide bonds. The van der Waals surface area contributed by atoms with E-state index in [9.17, 15) is 9.59 Å². The zero-order valence-corrected chi connectivity index (χ0v) is 15.9. The molecule has 134 valence electrons. The van der Waals surface area contributed by atoms with E-state index in [0.29, 0.717) is 12.8 Å². The van der Waals surface area contributed by atoms with Crippen LogP contribution in [0.25, 0.3) is 0 Å². The molecular weight excluding hydrogens is 304 g/mol. The van der Waals surface area contributed by atoms with Gasteiger partial charge in [0.05, 0.1) is 11.8 Å². The number of hydrogen-bond donors (Lipinski definition) is 0. The molecule has 0 N–H and O–H groups in total. The van der Waals surface area contributed by atoms with Crippen LogP contribution in [0.1, 0.15) is 61.3 Å². The normalized spacial score (nSPS) is 32.6. The maximum atomic E-state index is 12.6. The minimum Gasteiger partial charge on any atom is -0.493 e. The highest BCUT2D eigenvalue weighted by atomic mass is 16.5. The molecule has 2 aliphatic heterocycles. The predicted octanol–water partition coefficient (Wildman–Crippen LogP) is 4.20. The van der Waals surface area contributed by atoms with E-state index in [0.717, 1.165) is 22.7 Å². The predicted molar refractivity (Wildman–Crippen MR) is 93.2 cm³/mol. The minimum atomic E-state index is -0.257. The monoisotopic (exact) mass is 334 g/mol. The third-order valence-corrected chi connectivity index (χ3v) is 5.62. The number of Topliss-reactive ketones (excluding diaryl/α,β-unsaturated/α-hetero) is 2. The fourth-order valence-corrected chi connectivity index (χ4v) is 3.97. The third kappa shape index (κ3) is 3.03. The molecule has 2 rings (SSSR count). The van der Waals surface area contributed by atoms with Crippen LogP contribution in [0.15, 0.2) is 22.7 Å². The van der Waals surface area contributed by atoms with E-state index in [1.54, 1.807) is 0 Å².